The molecule has 0 aliphatic heterocycles. The van der Waals surface area contributed by atoms with Gasteiger partial charge in [0.05, 0.1) is 7.92 Å². The zero-order chi connectivity index (χ0) is 36.3. The second-order valence-corrected chi connectivity index (χ2v) is 17.0. The van der Waals surface area contributed by atoms with E-state index in [1.54, 1.807) is 0 Å². The van der Waals surface area contributed by atoms with Crippen molar-refractivity contribution >= 4 is 56.2 Å². The van der Waals surface area contributed by atoms with Crippen LogP contribution in [-0.2, 0) is 0 Å². The average molecular weight is 716 g/mol. The summed E-state index contributed by atoms with van der Waals surface area (Å²) in [5.41, 5.74) is 12.9. The molecular weight excluding hydrogens is 680 g/mol. The monoisotopic (exact) mass is 715 g/mol. The highest BCUT2D eigenvalue weighted by Gasteiger charge is 2.31. The van der Waals surface area contributed by atoms with E-state index < -0.39 is 7.92 Å². The summed E-state index contributed by atoms with van der Waals surface area (Å²) in [7, 11) is -1.15. The molecule has 1 aliphatic rings. The van der Waals surface area contributed by atoms with Gasteiger partial charge >= 0.3 is 0 Å². The Kier molecular flexibility index (Phi) is 7.58. The topological polar surface area (TPSA) is 0 Å². The standard InChI is InChI=1S/C54H35P/c1-4-16-38(17-5-1)51-45-26-12-13-27-46(45)52(54-49-29-15-19-37-18-14-28-48(50(37)49)53(51)54)47-35-34-42(43-24-10-11-25-44(43)47)36-30-32-41(33-31-36)55(39-20-6-2-7-21-39)40-22-8-3-9-23-40/h1-35H/p+1. The third kappa shape index (κ3) is 5.10. The SMILES string of the molecule is c1ccc(-c2c3c(c(-c4ccc(-c5ccc([PH+](c6ccccc6)c6ccccc6)cc5)c5ccccc45)c4ccccc24)-c2cccc4cccc-3c24)cc1. The van der Waals surface area contributed by atoms with Crippen molar-refractivity contribution in [2.24, 2.45) is 0 Å². The Balaban J connectivity index is 1.13. The molecule has 0 saturated carbocycles. The highest BCUT2D eigenvalue weighted by molar-refractivity contribution is 7.79. The second kappa shape index (κ2) is 13.1. The molecule has 0 radical (unpaired) electrons. The largest absolute Gasteiger partial charge is 0.102 e. The number of benzene rings is 10. The van der Waals surface area contributed by atoms with E-state index in [-0.39, 0.29) is 0 Å². The summed E-state index contributed by atoms with van der Waals surface area (Å²) in [6.07, 6.45) is 0. The Morgan fingerprint density at radius 2 is 0.691 bits per heavy atom. The molecule has 10 aromatic rings. The molecule has 0 saturated heterocycles. The number of hydrogen-bond acceptors (Lipinski definition) is 0. The number of fused-ring (bicyclic) bond motifs is 5. The van der Waals surface area contributed by atoms with Gasteiger partial charge in [0, 0.05) is 0 Å². The Morgan fingerprint density at radius 1 is 0.236 bits per heavy atom. The van der Waals surface area contributed by atoms with Gasteiger partial charge in [0.15, 0.2) is 0 Å². The van der Waals surface area contributed by atoms with Crippen molar-refractivity contribution in [3.05, 3.63) is 212 Å². The van der Waals surface area contributed by atoms with Gasteiger partial charge in [0.2, 0.25) is 0 Å². The van der Waals surface area contributed by atoms with Gasteiger partial charge in [-0.25, -0.2) is 0 Å². The molecule has 0 unspecified atom stereocenters. The molecule has 0 nitrogen and oxygen atoms in total. The zero-order valence-electron chi connectivity index (χ0n) is 30.2. The summed E-state index contributed by atoms with van der Waals surface area (Å²) in [4.78, 5) is 0. The van der Waals surface area contributed by atoms with E-state index in [2.05, 4.69) is 212 Å². The van der Waals surface area contributed by atoms with E-state index in [9.17, 15) is 0 Å². The minimum Gasteiger partial charge on any atom is -0.0622 e. The maximum absolute atomic E-state index is 2.39. The fourth-order valence-corrected chi connectivity index (χ4v) is 11.8. The number of hydrogen-bond donors (Lipinski definition) is 0. The van der Waals surface area contributed by atoms with Crippen LogP contribution in [0.1, 0.15) is 0 Å². The van der Waals surface area contributed by atoms with Crippen molar-refractivity contribution in [2.45, 2.75) is 0 Å². The van der Waals surface area contributed by atoms with Gasteiger partial charge in [-0.3, -0.25) is 0 Å². The Bertz CT molecular complexity index is 3010. The van der Waals surface area contributed by atoms with Crippen LogP contribution in [0.15, 0.2) is 212 Å². The lowest BCUT2D eigenvalue weighted by Gasteiger charge is -2.22. The predicted octanol–water partition coefficient (Wildman–Crippen LogP) is 13.3. The van der Waals surface area contributed by atoms with Crippen LogP contribution in [0.2, 0.25) is 0 Å². The number of rotatable bonds is 6. The fourth-order valence-electron chi connectivity index (χ4n) is 9.21. The van der Waals surface area contributed by atoms with Gasteiger partial charge in [-0.1, -0.05) is 176 Å². The van der Waals surface area contributed by atoms with Crippen molar-refractivity contribution in [2.75, 3.05) is 0 Å². The average Bonchev–Trinajstić information content (AvgIpc) is 3.59. The first kappa shape index (κ1) is 31.9. The lowest BCUT2D eigenvalue weighted by molar-refractivity contribution is 1.63. The molecule has 10 aromatic carbocycles. The summed E-state index contributed by atoms with van der Waals surface area (Å²) in [6, 6.07) is 78.9. The van der Waals surface area contributed by atoms with E-state index in [1.807, 2.05) is 0 Å². The highest BCUT2D eigenvalue weighted by atomic mass is 31.1. The molecule has 0 atom stereocenters. The van der Waals surface area contributed by atoms with Crippen LogP contribution in [0.5, 0.6) is 0 Å². The molecule has 0 bridgehead atoms. The molecule has 1 heteroatoms. The van der Waals surface area contributed by atoms with Crippen LogP contribution in [0.25, 0.3) is 88.0 Å². The van der Waals surface area contributed by atoms with Crippen LogP contribution in [0.3, 0.4) is 0 Å². The van der Waals surface area contributed by atoms with E-state index >= 15 is 0 Å². The normalized spacial score (nSPS) is 11.8. The lowest BCUT2D eigenvalue weighted by atomic mass is 9.81. The zero-order valence-corrected chi connectivity index (χ0v) is 31.2. The summed E-state index contributed by atoms with van der Waals surface area (Å²) in [6.45, 7) is 0. The highest BCUT2D eigenvalue weighted by Crippen LogP contribution is 2.58. The van der Waals surface area contributed by atoms with Crippen LogP contribution >= 0.6 is 7.92 Å². The molecule has 0 heterocycles. The molecule has 11 rings (SSSR count). The van der Waals surface area contributed by atoms with Crippen molar-refractivity contribution in [1.82, 2.24) is 0 Å². The minimum atomic E-state index is -1.15. The quantitative estimate of drug-likeness (QED) is 0.150. The predicted molar refractivity (Wildman–Crippen MR) is 240 cm³/mol. The third-order valence-corrected chi connectivity index (χ3v) is 14.3. The van der Waals surface area contributed by atoms with Gasteiger partial charge in [-0.2, -0.15) is 0 Å². The van der Waals surface area contributed by atoms with Gasteiger partial charge < -0.3 is 0 Å². The van der Waals surface area contributed by atoms with E-state index in [4.69, 9.17) is 0 Å². The van der Waals surface area contributed by atoms with Crippen LogP contribution < -0.4 is 15.9 Å². The summed E-state index contributed by atoms with van der Waals surface area (Å²) in [5.74, 6) is 0. The molecule has 55 heavy (non-hydrogen) atoms. The van der Waals surface area contributed by atoms with E-state index in [0.29, 0.717) is 0 Å². The maximum atomic E-state index is 2.39. The first-order valence-electron chi connectivity index (χ1n) is 19.1. The minimum absolute atomic E-state index is 1.15. The second-order valence-electron chi connectivity index (χ2n) is 14.5. The van der Waals surface area contributed by atoms with Crippen molar-refractivity contribution in [3.8, 4) is 55.6 Å². The van der Waals surface area contributed by atoms with E-state index in [0.717, 1.165) is 0 Å². The fraction of sp³-hybridized carbons (Fsp3) is 0. The lowest BCUT2D eigenvalue weighted by Crippen LogP contribution is -2.20. The van der Waals surface area contributed by atoms with Crippen molar-refractivity contribution in [3.63, 3.8) is 0 Å². The van der Waals surface area contributed by atoms with Crippen molar-refractivity contribution < 1.29 is 0 Å². The molecular formula is C54H36P+. The van der Waals surface area contributed by atoms with Crippen LogP contribution in [0, 0.1) is 0 Å². The Morgan fingerprint density at radius 3 is 1.29 bits per heavy atom. The Hall–Kier alpha value is -6.59. The summed E-state index contributed by atoms with van der Waals surface area (Å²) in [5, 5.41) is 11.9. The molecule has 0 fully saturated rings. The van der Waals surface area contributed by atoms with Crippen LogP contribution in [-0.4, -0.2) is 0 Å². The molecule has 0 aromatic heterocycles. The third-order valence-electron chi connectivity index (χ3n) is 11.5. The Labute approximate surface area is 322 Å². The summed E-state index contributed by atoms with van der Waals surface area (Å²) >= 11 is 0. The van der Waals surface area contributed by atoms with Gasteiger partial charge in [-0.05, 0) is 124 Å². The maximum Gasteiger partial charge on any atom is 0.102 e. The van der Waals surface area contributed by atoms with E-state index in [1.165, 1.54) is 104 Å². The first-order chi connectivity index (χ1) is 27.3. The first-order valence-corrected chi connectivity index (χ1v) is 20.6. The smallest absolute Gasteiger partial charge is 0.0622 e. The molecule has 1 aliphatic carbocycles. The van der Waals surface area contributed by atoms with Crippen LogP contribution in [0.4, 0.5) is 0 Å². The van der Waals surface area contributed by atoms with Gasteiger partial charge in [-0.15, -0.1) is 0 Å². The van der Waals surface area contributed by atoms with Gasteiger partial charge in [0.1, 0.15) is 15.9 Å². The van der Waals surface area contributed by atoms with Crippen molar-refractivity contribution in [1.29, 1.82) is 0 Å². The molecule has 0 amide bonds. The molecule has 256 valence electrons. The summed E-state index contributed by atoms with van der Waals surface area (Å²) < 4.78 is 0. The van der Waals surface area contributed by atoms with Gasteiger partial charge in [0.25, 0.3) is 0 Å². The molecule has 0 spiro atoms. The molecule has 0 N–H and O–H groups in total.